The third-order valence-corrected chi connectivity index (χ3v) is 5.99. The van der Waals surface area contributed by atoms with Crippen molar-refractivity contribution in [2.75, 3.05) is 0 Å². The van der Waals surface area contributed by atoms with E-state index in [-0.39, 0.29) is 5.92 Å². The van der Waals surface area contributed by atoms with E-state index in [0.29, 0.717) is 12.1 Å². The van der Waals surface area contributed by atoms with Gasteiger partial charge in [0.2, 0.25) is 0 Å². The van der Waals surface area contributed by atoms with Crippen LogP contribution in [0, 0.1) is 17.8 Å². The number of fused-ring (bicyclic) bond motifs is 4. The summed E-state index contributed by atoms with van der Waals surface area (Å²) in [6, 6.07) is 1.72. The van der Waals surface area contributed by atoms with Gasteiger partial charge in [0.15, 0.2) is 0 Å². The second-order valence-corrected chi connectivity index (χ2v) is 6.67. The molecule has 0 aromatic heterocycles. The maximum atomic E-state index is 11.3. The molecule has 3 heteroatoms. The maximum absolute atomic E-state index is 11.3. The quantitative estimate of drug-likeness (QED) is 0.797. The standard InChI is InChI=1S/C14H21NO2/c16-14(17)11-7-10-3-4-12(11)15(10)13-6-8-1-2-9(13)5-8/h8-13H,1-7H2,(H,16,17). The van der Waals surface area contributed by atoms with E-state index < -0.39 is 5.97 Å². The Labute approximate surface area is 102 Å². The monoisotopic (exact) mass is 235 g/mol. The summed E-state index contributed by atoms with van der Waals surface area (Å²) >= 11 is 0. The fraction of sp³-hybridized carbons (Fsp3) is 0.929. The van der Waals surface area contributed by atoms with E-state index in [1.54, 1.807) is 0 Å². The average molecular weight is 235 g/mol. The number of carboxylic acid groups (broad SMARTS) is 1. The second kappa shape index (κ2) is 3.47. The maximum Gasteiger partial charge on any atom is 0.308 e. The molecule has 0 radical (unpaired) electrons. The van der Waals surface area contributed by atoms with Crippen molar-refractivity contribution in [3.63, 3.8) is 0 Å². The van der Waals surface area contributed by atoms with Crippen LogP contribution < -0.4 is 0 Å². The van der Waals surface area contributed by atoms with Crippen molar-refractivity contribution in [1.29, 1.82) is 0 Å². The van der Waals surface area contributed by atoms with E-state index in [9.17, 15) is 9.90 Å². The highest BCUT2D eigenvalue weighted by molar-refractivity contribution is 5.71. The molecule has 4 rings (SSSR count). The molecule has 4 aliphatic rings. The zero-order valence-electron chi connectivity index (χ0n) is 10.2. The van der Waals surface area contributed by atoms with E-state index in [4.69, 9.17) is 0 Å². The molecule has 4 bridgehead atoms. The van der Waals surface area contributed by atoms with Crippen LogP contribution in [0.1, 0.15) is 44.9 Å². The summed E-state index contributed by atoms with van der Waals surface area (Å²) in [6.07, 6.45) is 8.95. The summed E-state index contributed by atoms with van der Waals surface area (Å²) in [5, 5.41) is 9.30. The molecule has 6 unspecified atom stereocenters. The Hall–Kier alpha value is -0.570. The molecule has 2 saturated carbocycles. The molecule has 2 saturated heterocycles. The lowest BCUT2D eigenvalue weighted by atomic mass is 9.89. The minimum atomic E-state index is -0.551. The molecule has 4 fully saturated rings. The number of carboxylic acids is 1. The normalized spacial score (nSPS) is 52.5. The van der Waals surface area contributed by atoms with Crippen molar-refractivity contribution in [2.24, 2.45) is 17.8 Å². The van der Waals surface area contributed by atoms with E-state index >= 15 is 0 Å². The van der Waals surface area contributed by atoms with Crippen molar-refractivity contribution >= 4 is 5.97 Å². The van der Waals surface area contributed by atoms with Crippen molar-refractivity contribution in [3.05, 3.63) is 0 Å². The minimum Gasteiger partial charge on any atom is -0.481 e. The van der Waals surface area contributed by atoms with E-state index in [1.165, 1.54) is 32.1 Å². The summed E-state index contributed by atoms with van der Waals surface area (Å²) < 4.78 is 0. The van der Waals surface area contributed by atoms with Gasteiger partial charge in [0, 0.05) is 18.1 Å². The first-order valence-corrected chi connectivity index (χ1v) is 7.24. The Bertz CT molecular complexity index is 356. The van der Waals surface area contributed by atoms with Crippen LogP contribution >= 0.6 is 0 Å². The molecular formula is C14H21NO2. The first kappa shape index (κ1) is 10.4. The Kier molecular flexibility index (Phi) is 2.11. The highest BCUT2D eigenvalue weighted by Gasteiger charge is 2.55. The molecule has 6 atom stereocenters. The van der Waals surface area contributed by atoms with Gasteiger partial charge in [-0.2, -0.15) is 0 Å². The molecule has 2 aliphatic heterocycles. The number of hydrogen-bond donors (Lipinski definition) is 1. The third-order valence-electron chi connectivity index (χ3n) is 5.99. The van der Waals surface area contributed by atoms with Crippen LogP contribution in [0.3, 0.4) is 0 Å². The molecule has 0 aromatic rings. The van der Waals surface area contributed by atoms with Crippen LogP contribution in [0.25, 0.3) is 0 Å². The molecule has 3 nitrogen and oxygen atoms in total. The van der Waals surface area contributed by atoms with E-state index in [0.717, 1.165) is 30.7 Å². The van der Waals surface area contributed by atoms with Gasteiger partial charge in [0.25, 0.3) is 0 Å². The molecule has 1 N–H and O–H groups in total. The zero-order chi connectivity index (χ0) is 11.6. The van der Waals surface area contributed by atoms with Crippen LogP contribution in [0.5, 0.6) is 0 Å². The van der Waals surface area contributed by atoms with Gasteiger partial charge < -0.3 is 5.11 Å². The summed E-state index contributed by atoms with van der Waals surface area (Å²) in [5.41, 5.74) is 0. The summed E-state index contributed by atoms with van der Waals surface area (Å²) in [5.74, 6) is 1.25. The molecule has 2 heterocycles. The number of carbonyl (C=O) groups is 1. The zero-order valence-corrected chi connectivity index (χ0v) is 10.2. The lowest BCUT2D eigenvalue weighted by molar-refractivity contribution is -0.142. The molecular weight excluding hydrogens is 214 g/mol. The van der Waals surface area contributed by atoms with Gasteiger partial charge >= 0.3 is 5.97 Å². The largest absolute Gasteiger partial charge is 0.481 e. The van der Waals surface area contributed by atoms with Crippen LogP contribution in [0.15, 0.2) is 0 Å². The van der Waals surface area contributed by atoms with E-state index in [1.807, 2.05) is 0 Å². The topological polar surface area (TPSA) is 40.5 Å². The fourth-order valence-electron chi connectivity index (χ4n) is 5.39. The molecule has 0 amide bonds. The highest BCUT2D eigenvalue weighted by atomic mass is 16.4. The van der Waals surface area contributed by atoms with Gasteiger partial charge in [0.05, 0.1) is 5.92 Å². The minimum absolute atomic E-state index is 0.0622. The van der Waals surface area contributed by atoms with Crippen molar-refractivity contribution in [2.45, 2.75) is 63.1 Å². The molecule has 0 spiro atoms. The number of rotatable bonds is 2. The van der Waals surface area contributed by atoms with Crippen molar-refractivity contribution < 1.29 is 9.90 Å². The summed E-state index contributed by atoms with van der Waals surface area (Å²) in [6.45, 7) is 0. The summed E-state index contributed by atoms with van der Waals surface area (Å²) in [7, 11) is 0. The van der Waals surface area contributed by atoms with Crippen molar-refractivity contribution in [1.82, 2.24) is 4.90 Å². The van der Waals surface area contributed by atoms with Gasteiger partial charge in [0.1, 0.15) is 0 Å². The second-order valence-electron chi connectivity index (χ2n) is 6.67. The van der Waals surface area contributed by atoms with Gasteiger partial charge in [-0.1, -0.05) is 6.42 Å². The van der Waals surface area contributed by atoms with Crippen molar-refractivity contribution in [3.8, 4) is 0 Å². The predicted octanol–water partition coefficient (Wildman–Crippen LogP) is 2.11. The number of aliphatic carboxylic acids is 1. The van der Waals surface area contributed by atoms with Crippen LogP contribution in [0.4, 0.5) is 0 Å². The first-order valence-electron chi connectivity index (χ1n) is 7.24. The summed E-state index contributed by atoms with van der Waals surface area (Å²) in [4.78, 5) is 13.9. The Balaban J connectivity index is 1.57. The SMILES string of the molecule is O=C(O)C1CC2CCC1N2C1CC2CCC1C2. The Morgan fingerprint density at radius 1 is 1.00 bits per heavy atom. The smallest absolute Gasteiger partial charge is 0.308 e. The Morgan fingerprint density at radius 2 is 1.88 bits per heavy atom. The van der Waals surface area contributed by atoms with Crippen LogP contribution in [-0.2, 0) is 4.79 Å². The Morgan fingerprint density at radius 3 is 2.47 bits per heavy atom. The molecule has 17 heavy (non-hydrogen) atoms. The van der Waals surface area contributed by atoms with Gasteiger partial charge in [-0.25, -0.2) is 0 Å². The first-order chi connectivity index (χ1) is 8.24. The molecule has 2 aliphatic carbocycles. The highest BCUT2D eigenvalue weighted by Crippen LogP contribution is 2.52. The number of hydrogen-bond acceptors (Lipinski definition) is 2. The van der Waals surface area contributed by atoms with Gasteiger partial charge in [-0.05, 0) is 50.4 Å². The lowest BCUT2D eigenvalue weighted by Crippen LogP contribution is -2.43. The predicted molar refractivity (Wildman–Crippen MR) is 63.6 cm³/mol. The van der Waals surface area contributed by atoms with Crippen LogP contribution in [-0.4, -0.2) is 34.1 Å². The lowest BCUT2D eigenvalue weighted by Gasteiger charge is -2.35. The van der Waals surface area contributed by atoms with Crippen LogP contribution in [0.2, 0.25) is 0 Å². The third kappa shape index (κ3) is 1.35. The van der Waals surface area contributed by atoms with E-state index in [2.05, 4.69) is 4.90 Å². The average Bonchev–Trinajstić information content (AvgIpc) is 3.06. The molecule has 94 valence electrons. The molecule has 0 aromatic carbocycles. The van der Waals surface area contributed by atoms with Gasteiger partial charge in [-0.15, -0.1) is 0 Å². The fourth-order valence-corrected chi connectivity index (χ4v) is 5.39. The number of nitrogens with zero attached hydrogens (tertiary/aromatic N) is 1. The van der Waals surface area contributed by atoms with Gasteiger partial charge in [-0.3, -0.25) is 9.69 Å².